The first-order chi connectivity index (χ1) is 6.97. The summed E-state index contributed by atoms with van der Waals surface area (Å²) in [5, 5.41) is 0. The summed E-state index contributed by atoms with van der Waals surface area (Å²) in [5.41, 5.74) is 1.17. The molecule has 1 aromatic rings. The van der Waals surface area contributed by atoms with E-state index in [1.54, 1.807) is 0 Å². The van der Waals surface area contributed by atoms with E-state index in [-0.39, 0.29) is 0 Å². The maximum absolute atomic E-state index is 8.74. The van der Waals surface area contributed by atoms with Crippen molar-refractivity contribution in [2.75, 3.05) is 6.61 Å². The molecule has 1 heterocycles. The van der Waals surface area contributed by atoms with Crippen molar-refractivity contribution in [2.45, 2.75) is 0 Å². The van der Waals surface area contributed by atoms with Crippen molar-refractivity contribution < 1.29 is 22.3 Å². The fourth-order valence-corrected chi connectivity index (χ4v) is 1.06. The molecule has 2 rings (SSSR count). The van der Waals surface area contributed by atoms with Crippen LogP contribution in [0.15, 0.2) is 30.3 Å². The second-order valence-electron chi connectivity index (χ2n) is 2.70. The van der Waals surface area contributed by atoms with Gasteiger partial charge in [-0.05, 0) is 12.1 Å². The minimum Gasteiger partial charge on any atom is -0.489 e. The quantitative estimate of drug-likeness (QED) is 0.659. The van der Waals surface area contributed by atoms with Crippen LogP contribution in [-0.2, 0) is 10.4 Å². The van der Waals surface area contributed by atoms with Gasteiger partial charge in [-0.2, -0.15) is 8.42 Å². The molecule has 0 saturated carbocycles. The molecule has 1 aliphatic rings. The van der Waals surface area contributed by atoms with E-state index >= 15 is 0 Å². The van der Waals surface area contributed by atoms with E-state index in [2.05, 4.69) is 6.08 Å². The zero-order valence-corrected chi connectivity index (χ0v) is 8.52. The Labute approximate surface area is 87.6 Å². The van der Waals surface area contributed by atoms with Gasteiger partial charge in [-0.3, -0.25) is 9.11 Å². The molecule has 2 N–H and O–H groups in total. The molecule has 0 aromatic heterocycles. The molecule has 15 heavy (non-hydrogen) atoms. The average molecular weight is 230 g/mol. The monoisotopic (exact) mass is 230 g/mol. The molecule has 1 aromatic carbocycles. The number of hydrogen-bond donors (Lipinski definition) is 2. The minimum atomic E-state index is -4.67. The van der Waals surface area contributed by atoms with Gasteiger partial charge in [0, 0.05) is 5.56 Å². The molecule has 0 unspecified atom stereocenters. The normalized spacial score (nSPS) is 13.2. The highest BCUT2D eigenvalue weighted by molar-refractivity contribution is 7.79. The number of hydrogen-bond acceptors (Lipinski definition) is 3. The first kappa shape index (κ1) is 11.7. The lowest BCUT2D eigenvalue weighted by molar-refractivity contribution is 0.358. The summed E-state index contributed by atoms with van der Waals surface area (Å²) < 4.78 is 36.9. The molecule has 0 aliphatic carbocycles. The zero-order valence-electron chi connectivity index (χ0n) is 7.70. The predicted octanol–water partition coefficient (Wildman–Crippen LogP) is 1.44. The first-order valence-electron chi connectivity index (χ1n) is 4.05. The van der Waals surface area contributed by atoms with Crippen LogP contribution in [0.3, 0.4) is 0 Å². The van der Waals surface area contributed by atoms with Gasteiger partial charge in [0.15, 0.2) is 0 Å². The van der Waals surface area contributed by atoms with Gasteiger partial charge >= 0.3 is 10.4 Å². The summed E-state index contributed by atoms with van der Waals surface area (Å²) >= 11 is 0. The molecule has 1 aliphatic heterocycles. The third-order valence-electron chi connectivity index (χ3n) is 1.55. The van der Waals surface area contributed by atoms with E-state index in [1.165, 1.54) is 5.56 Å². The van der Waals surface area contributed by atoms with Crippen LogP contribution in [0.25, 0.3) is 6.08 Å². The van der Waals surface area contributed by atoms with Gasteiger partial charge in [0.1, 0.15) is 12.4 Å². The van der Waals surface area contributed by atoms with Crippen molar-refractivity contribution in [3.8, 4) is 5.75 Å². The lowest BCUT2D eigenvalue weighted by atomic mass is 10.1. The molecule has 0 radical (unpaired) electrons. The number of benzene rings is 1. The Hall–Kier alpha value is -1.37. The molecule has 82 valence electrons. The number of rotatable bonds is 0. The summed E-state index contributed by atoms with van der Waals surface area (Å²) in [6.45, 7) is 0.705. The SMILES string of the molecule is C1=Cc2ccccc2OC1.O=S(=O)(O)O. The Morgan fingerprint density at radius 1 is 1.20 bits per heavy atom. The number of para-hydroxylation sites is 1. The molecule has 0 spiro atoms. The topological polar surface area (TPSA) is 83.8 Å². The van der Waals surface area contributed by atoms with E-state index in [0.717, 1.165) is 5.75 Å². The van der Waals surface area contributed by atoms with Crippen LogP contribution in [0, 0.1) is 0 Å². The van der Waals surface area contributed by atoms with Crippen molar-refractivity contribution in [3.05, 3.63) is 35.9 Å². The third-order valence-corrected chi connectivity index (χ3v) is 1.55. The van der Waals surface area contributed by atoms with Crippen molar-refractivity contribution >= 4 is 16.5 Å². The van der Waals surface area contributed by atoms with Gasteiger partial charge in [0.25, 0.3) is 0 Å². The summed E-state index contributed by atoms with van der Waals surface area (Å²) in [4.78, 5) is 0. The van der Waals surface area contributed by atoms with Crippen molar-refractivity contribution in [3.63, 3.8) is 0 Å². The number of fused-ring (bicyclic) bond motifs is 1. The lowest BCUT2D eigenvalue weighted by Gasteiger charge is -2.10. The second-order valence-corrected chi connectivity index (χ2v) is 3.59. The van der Waals surface area contributed by atoms with Crippen molar-refractivity contribution in [1.82, 2.24) is 0 Å². The molecule has 5 nitrogen and oxygen atoms in total. The largest absolute Gasteiger partial charge is 0.489 e. The highest BCUT2D eigenvalue weighted by atomic mass is 32.3. The molecule has 0 fully saturated rings. The Morgan fingerprint density at radius 2 is 1.80 bits per heavy atom. The van der Waals surface area contributed by atoms with Gasteiger partial charge in [-0.1, -0.05) is 24.3 Å². The summed E-state index contributed by atoms with van der Waals surface area (Å²) in [6, 6.07) is 8.03. The van der Waals surface area contributed by atoms with Crippen LogP contribution < -0.4 is 4.74 Å². The van der Waals surface area contributed by atoms with E-state index < -0.39 is 10.4 Å². The van der Waals surface area contributed by atoms with Crippen LogP contribution >= 0.6 is 0 Å². The summed E-state index contributed by atoms with van der Waals surface area (Å²) in [6.07, 6.45) is 4.10. The Balaban J connectivity index is 0.000000195. The highest BCUT2D eigenvalue weighted by Gasteiger charge is 2.01. The maximum Gasteiger partial charge on any atom is 0.394 e. The summed E-state index contributed by atoms with van der Waals surface area (Å²) in [7, 11) is -4.67. The van der Waals surface area contributed by atoms with Crippen LogP contribution in [0.5, 0.6) is 5.75 Å². The predicted molar refractivity (Wildman–Crippen MR) is 55.1 cm³/mol. The van der Waals surface area contributed by atoms with E-state index in [4.69, 9.17) is 22.3 Å². The van der Waals surface area contributed by atoms with Crippen LogP contribution in [0.1, 0.15) is 5.56 Å². The van der Waals surface area contributed by atoms with Crippen LogP contribution in [-0.4, -0.2) is 24.1 Å². The fraction of sp³-hybridized carbons (Fsp3) is 0.111. The van der Waals surface area contributed by atoms with E-state index in [0.29, 0.717) is 6.61 Å². The first-order valence-corrected chi connectivity index (χ1v) is 5.45. The molecule has 0 amide bonds. The van der Waals surface area contributed by atoms with Crippen LogP contribution in [0.2, 0.25) is 0 Å². The van der Waals surface area contributed by atoms with Gasteiger partial charge in [-0.15, -0.1) is 0 Å². The Bertz CT molecular complexity index is 441. The molecule has 6 heteroatoms. The lowest BCUT2D eigenvalue weighted by Crippen LogP contribution is -1.98. The fourth-order valence-electron chi connectivity index (χ4n) is 1.06. The third kappa shape index (κ3) is 5.16. The maximum atomic E-state index is 8.74. The van der Waals surface area contributed by atoms with Crippen molar-refractivity contribution in [2.24, 2.45) is 0 Å². The van der Waals surface area contributed by atoms with Gasteiger partial charge < -0.3 is 4.74 Å². The van der Waals surface area contributed by atoms with Gasteiger partial charge in [0.05, 0.1) is 0 Å². The zero-order chi connectivity index (χ0) is 11.3. The van der Waals surface area contributed by atoms with Gasteiger partial charge in [-0.25, -0.2) is 0 Å². The van der Waals surface area contributed by atoms with E-state index in [9.17, 15) is 0 Å². The molecular weight excluding hydrogens is 220 g/mol. The molecule has 0 saturated heterocycles. The molecular formula is C9H10O5S. The van der Waals surface area contributed by atoms with Gasteiger partial charge in [0.2, 0.25) is 0 Å². The average Bonchev–Trinajstić information content (AvgIpc) is 2.16. The van der Waals surface area contributed by atoms with E-state index in [1.807, 2.05) is 30.3 Å². The second kappa shape index (κ2) is 4.92. The minimum absolute atomic E-state index is 0.705. The molecule has 0 atom stereocenters. The number of ether oxygens (including phenoxy) is 1. The van der Waals surface area contributed by atoms with Crippen LogP contribution in [0.4, 0.5) is 0 Å². The molecule has 0 bridgehead atoms. The highest BCUT2D eigenvalue weighted by Crippen LogP contribution is 2.21. The Morgan fingerprint density at radius 3 is 2.40 bits per heavy atom. The smallest absolute Gasteiger partial charge is 0.394 e. The van der Waals surface area contributed by atoms with Crippen molar-refractivity contribution in [1.29, 1.82) is 0 Å². The Kier molecular flexibility index (Phi) is 3.84. The summed E-state index contributed by atoms with van der Waals surface area (Å²) in [5.74, 6) is 0.991. The standard InChI is InChI=1S/C9H8O.H2O4S/c1-2-6-9-8(4-1)5-3-7-10-9;1-5(2,3)4/h1-6H,7H2;(H2,1,2,3,4).